The topological polar surface area (TPSA) is 42.0 Å². The first-order chi connectivity index (χ1) is 12.4. The van der Waals surface area contributed by atoms with Gasteiger partial charge in [0.05, 0.1) is 0 Å². The molecule has 0 unspecified atom stereocenters. The molecule has 136 valence electrons. The fourth-order valence-corrected chi connectivity index (χ4v) is 3.35. The molecule has 0 atom stereocenters. The quantitative estimate of drug-likeness (QED) is 0.833. The molecule has 0 saturated carbocycles. The molecule has 5 heteroatoms. The number of carbonyl (C=O) groups is 1. The zero-order valence-corrected chi connectivity index (χ0v) is 15.5. The van der Waals surface area contributed by atoms with Crippen LogP contribution in [0.1, 0.15) is 31.9 Å². The number of ether oxygens (including phenoxy) is 2. The van der Waals surface area contributed by atoms with Crippen molar-refractivity contribution in [3.05, 3.63) is 53.6 Å². The van der Waals surface area contributed by atoms with Crippen molar-refractivity contribution in [1.29, 1.82) is 0 Å². The van der Waals surface area contributed by atoms with Crippen LogP contribution in [0.4, 0.5) is 10.5 Å². The molecule has 2 aromatic rings. The molecule has 0 radical (unpaired) electrons. The summed E-state index contributed by atoms with van der Waals surface area (Å²) in [5.41, 5.74) is 3.44. The molecule has 4 rings (SSSR count). The molecule has 1 saturated heterocycles. The molecular formula is C21H24N2O3. The first kappa shape index (κ1) is 16.8. The Bertz CT molecular complexity index is 824. The van der Waals surface area contributed by atoms with Crippen molar-refractivity contribution >= 4 is 11.7 Å². The summed E-state index contributed by atoms with van der Waals surface area (Å²) < 4.78 is 10.8. The Morgan fingerprint density at radius 3 is 2.42 bits per heavy atom. The normalized spacial score (nSPS) is 16.5. The minimum atomic E-state index is 0.0313. The molecule has 0 aliphatic carbocycles. The van der Waals surface area contributed by atoms with Gasteiger partial charge in [0.2, 0.25) is 6.79 Å². The second-order valence-corrected chi connectivity index (χ2v) is 7.84. The van der Waals surface area contributed by atoms with E-state index in [-0.39, 0.29) is 18.2 Å². The van der Waals surface area contributed by atoms with Crippen LogP contribution in [0.15, 0.2) is 42.5 Å². The number of urea groups is 1. The highest BCUT2D eigenvalue weighted by molar-refractivity contribution is 5.94. The van der Waals surface area contributed by atoms with Crippen LogP contribution in [-0.4, -0.2) is 30.8 Å². The zero-order valence-electron chi connectivity index (χ0n) is 15.5. The van der Waals surface area contributed by atoms with Gasteiger partial charge in [-0.25, -0.2) is 4.79 Å². The second kappa shape index (κ2) is 6.24. The van der Waals surface area contributed by atoms with Gasteiger partial charge in [0.25, 0.3) is 0 Å². The van der Waals surface area contributed by atoms with E-state index in [4.69, 9.17) is 9.47 Å². The van der Waals surface area contributed by atoms with E-state index in [1.165, 1.54) is 5.56 Å². The van der Waals surface area contributed by atoms with Crippen molar-refractivity contribution in [3.8, 4) is 11.5 Å². The van der Waals surface area contributed by atoms with E-state index >= 15 is 0 Å². The standard InChI is InChI=1S/C21H24N2O3/c1-21(2,3)16-6-4-15(5-7-16)13-22-10-11-23(20(22)24)17-8-9-18-19(12-17)26-14-25-18/h4-9,12H,10-11,13-14H2,1-3H3. The molecule has 0 aromatic heterocycles. The van der Waals surface area contributed by atoms with Crippen LogP contribution in [0, 0.1) is 0 Å². The predicted molar refractivity (Wildman–Crippen MR) is 101 cm³/mol. The molecule has 2 aromatic carbocycles. The van der Waals surface area contributed by atoms with E-state index in [0.29, 0.717) is 25.4 Å². The van der Waals surface area contributed by atoms with Crippen LogP contribution in [0.25, 0.3) is 0 Å². The van der Waals surface area contributed by atoms with E-state index in [1.54, 1.807) is 4.90 Å². The SMILES string of the molecule is CC(C)(C)c1ccc(CN2CCN(c3ccc4c(c3)OCO4)C2=O)cc1. The van der Waals surface area contributed by atoms with Crippen molar-refractivity contribution in [1.82, 2.24) is 4.90 Å². The maximum absolute atomic E-state index is 12.8. The highest BCUT2D eigenvalue weighted by atomic mass is 16.7. The van der Waals surface area contributed by atoms with Gasteiger partial charge in [0.1, 0.15) is 0 Å². The molecule has 1 fully saturated rings. The Morgan fingerprint density at radius 1 is 0.962 bits per heavy atom. The molecule has 0 spiro atoms. The molecular weight excluding hydrogens is 328 g/mol. The number of benzene rings is 2. The summed E-state index contributed by atoms with van der Waals surface area (Å²) in [6.45, 7) is 8.88. The van der Waals surface area contributed by atoms with Gasteiger partial charge in [-0.15, -0.1) is 0 Å². The Morgan fingerprint density at radius 2 is 1.69 bits per heavy atom. The van der Waals surface area contributed by atoms with Crippen LogP contribution in [-0.2, 0) is 12.0 Å². The Kier molecular flexibility index (Phi) is 4.02. The van der Waals surface area contributed by atoms with Gasteiger partial charge in [-0.05, 0) is 28.7 Å². The summed E-state index contributed by atoms with van der Waals surface area (Å²) in [4.78, 5) is 16.5. The Labute approximate surface area is 154 Å². The Balaban J connectivity index is 1.46. The van der Waals surface area contributed by atoms with Crippen LogP contribution in [0.3, 0.4) is 0 Å². The number of nitrogens with zero attached hydrogens (tertiary/aromatic N) is 2. The molecule has 0 N–H and O–H groups in total. The van der Waals surface area contributed by atoms with Gasteiger partial charge >= 0.3 is 6.03 Å². The van der Waals surface area contributed by atoms with Crippen molar-refractivity contribution in [2.45, 2.75) is 32.7 Å². The first-order valence-corrected chi connectivity index (χ1v) is 8.97. The predicted octanol–water partition coefficient (Wildman–Crippen LogP) is 4.16. The summed E-state index contributed by atoms with van der Waals surface area (Å²) in [5.74, 6) is 1.43. The highest BCUT2D eigenvalue weighted by Gasteiger charge is 2.30. The van der Waals surface area contributed by atoms with Gasteiger partial charge in [-0.1, -0.05) is 45.0 Å². The number of amides is 2. The number of hydrogen-bond acceptors (Lipinski definition) is 3. The van der Waals surface area contributed by atoms with E-state index in [1.807, 2.05) is 23.1 Å². The molecule has 2 aliphatic rings. The summed E-state index contributed by atoms with van der Waals surface area (Å²) >= 11 is 0. The van der Waals surface area contributed by atoms with Crippen molar-refractivity contribution in [3.63, 3.8) is 0 Å². The summed E-state index contributed by atoms with van der Waals surface area (Å²) in [6, 6.07) is 14.2. The average molecular weight is 352 g/mol. The molecule has 26 heavy (non-hydrogen) atoms. The fraction of sp³-hybridized carbons (Fsp3) is 0.381. The third kappa shape index (κ3) is 3.09. The lowest BCUT2D eigenvalue weighted by atomic mass is 9.87. The zero-order chi connectivity index (χ0) is 18.3. The lowest BCUT2D eigenvalue weighted by Crippen LogP contribution is -2.31. The van der Waals surface area contributed by atoms with E-state index in [0.717, 1.165) is 17.0 Å². The maximum atomic E-state index is 12.8. The lowest BCUT2D eigenvalue weighted by molar-refractivity contribution is 0.174. The van der Waals surface area contributed by atoms with Gasteiger partial charge in [0.15, 0.2) is 11.5 Å². The van der Waals surface area contributed by atoms with E-state index in [9.17, 15) is 4.79 Å². The van der Waals surface area contributed by atoms with Crippen LogP contribution < -0.4 is 14.4 Å². The minimum Gasteiger partial charge on any atom is -0.454 e. The van der Waals surface area contributed by atoms with E-state index in [2.05, 4.69) is 45.0 Å². The first-order valence-electron chi connectivity index (χ1n) is 8.97. The van der Waals surface area contributed by atoms with Gasteiger partial charge < -0.3 is 14.4 Å². The monoisotopic (exact) mass is 352 g/mol. The average Bonchev–Trinajstić information content (AvgIpc) is 3.21. The van der Waals surface area contributed by atoms with Crippen LogP contribution >= 0.6 is 0 Å². The van der Waals surface area contributed by atoms with Crippen LogP contribution in [0.2, 0.25) is 0 Å². The van der Waals surface area contributed by atoms with Gasteiger partial charge in [-0.2, -0.15) is 0 Å². The number of rotatable bonds is 3. The number of carbonyl (C=O) groups excluding carboxylic acids is 1. The van der Waals surface area contributed by atoms with Crippen molar-refractivity contribution < 1.29 is 14.3 Å². The van der Waals surface area contributed by atoms with Crippen molar-refractivity contribution in [2.75, 3.05) is 24.8 Å². The third-order valence-corrected chi connectivity index (χ3v) is 4.96. The van der Waals surface area contributed by atoms with Gasteiger partial charge in [0, 0.05) is 31.4 Å². The third-order valence-electron chi connectivity index (χ3n) is 4.96. The Hall–Kier alpha value is -2.69. The minimum absolute atomic E-state index is 0.0313. The van der Waals surface area contributed by atoms with Crippen LogP contribution in [0.5, 0.6) is 11.5 Å². The van der Waals surface area contributed by atoms with Gasteiger partial charge in [-0.3, -0.25) is 4.90 Å². The lowest BCUT2D eigenvalue weighted by Gasteiger charge is -2.21. The number of fused-ring (bicyclic) bond motifs is 1. The highest BCUT2D eigenvalue weighted by Crippen LogP contribution is 2.36. The maximum Gasteiger partial charge on any atom is 0.324 e. The fourth-order valence-electron chi connectivity index (χ4n) is 3.35. The molecule has 5 nitrogen and oxygen atoms in total. The largest absolute Gasteiger partial charge is 0.454 e. The van der Waals surface area contributed by atoms with E-state index < -0.39 is 0 Å². The molecule has 0 bridgehead atoms. The molecule has 2 aliphatic heterocycles. The number of hydrogen-bond donors (Lipinski definition) is 0. The summed E-state index contributed by atoms with van der Waals surface area (Å²) in [7, 11) is 0. The van der Waals surface area contributed by atoms with Crippen molar-refractivity contribution in [2.24, 2.45) is 0 Å². The molecule has 2 amide bonds. The second-order valence-electron chi connectivity index (χ2n) is 7.84. The summed E-state index contributed by atoms with van der Waals surface area (Å²) in [6.07, 6.45) is 0. The number of anilines is 1. The smallest absolute Gasteiger partial charge is 0.324 e. The summed E-state index contributed by atoms with van der Waals surface area (Å²) in [5, 5.41) is 0. The molecule has 2 heterocycles.